The van der Waals surface area contributed by atoms with E-state index < -0.39 is 0 Å². The Balaban J connectivity index is 1.37. The molecule has 4 rings (SSSR count). The van der Waals surface area contributed by atoms with Crippen molar-refractivity contribution < 1.29 is 14.3 Å². The van der Waals surface area contributed by atoms with E-state index in [4.69, 9.17) is 9.47 Å². The van der Waals surface area contributed by atoms with Crippen LogP contribution in [0.1, 0.15) is 57.4 Å². The van der Waals surface area contributed by atoms with Crippen LogP contribution in [0.2, 0.25) is 0 Å². The molecule has 2 aromatic rings. The predicted molar refractivity (Wildman–Crippen MR) is 141 cm³/mol. The molecule has 5 nitrogen and oxygen atoms in total. The lowest BCUT2D eigenvalue weighted by Crippen LogP contribution is -2.49. The summed E-state index contributed by atoms with van der Waals surface area (Å²) in [4.78, 5) is 17.5. The first-order valence-corrected chi connectivity index (χ1v) is 13.6. The first-order chi connectivity index (χ1) is 17.2. The van der Waals surface area contributed by atoms with Crippen LogP contribution in [0, 0.1) is 5.41 Å². The molecule has 2 aromatic carbocycles. The van der Waals surface area contributed by atoms with Gasteiger partial charge in [-0.05, 0) is 74.2 Å². The zero-order valence-electron chi connectivity index (χ0n) is 21.4. The molecule has 5 heteroatoms. The number of hydrogen-bond donors (Lipinski definition) is 0. The van der Waals surface area contributed by atoms with Crippen LogP contribution in [-0.2, 0) is 11.2 Å². The molecule has 0 radical (unpaired) electrons. The average Bonchev–Trinajstić information content (AvgIpc) is 2.89. The highest BCUT2D eigenvalue weighted by Crippen LogP contribution is 2.38. The predicted octanol–water partition coefficient (Wildman–Crippen LogP) is 5.58. The molecular formula is C30H42N2O3. The molecule has 0 unspecified atom stereocenters. The van der Waals surface area contributed by atoms with Gasteiger partial charge in [-0.25, -0.2) is 0 Å². The number of carbonyl (C=O) groups is 1. The van der Waals surface area contributed by atoms with Gasteiger partial charge >= 0.3 is 0 Å². The van der Waals surface area contributed by atoms with Crippen LogP contribution in [0.5, 0.6) is 11.5 Å². The van der Waals surface area contributed by atoms with E-state index in [1.54, 1.807) is 0 Å². The van der Waals surface area contributed by atoms with E-state index in [0.717, 1.165) is 70.1 Å². The first-order valence-electron chi connectivity index (χ1n) is 13.6. The minimum Gasteiger partial charge on any atom is -0.492 e. The van der Waals surface area contributed by atoms with Gasteiger partial charge in [0.15, 0.2) is 6.61 Å². The summed E-state index contributed by atoms with van der Waals surface area (Å²) in [6.07, 6.45) is 9.29. The Morgan fingerprint density at radius 3 is 2.54 bits per heavy atom. The summed E-state index contributed by atoms with van der Waals surface area (Å²) < 4.78 is 12.0. The van der Waals surface area contributed by atoms with E-state index in [9.17, 15) is 4.79 Å². The molecule has 2 heterocycles. The lowest BCUT2D eigenvalue weighted by atomic mass is 9.73. The van der Waals surface area contributed by atoms with Gasteiger partial charge in [-0.3, -0.25) is 9.69 Å². The molecule has 1 spiro atoms. The second-order valence-electron chi connectivity index (χ2n) is 10.3. The molecular weight excluding hydrogens is 436 g/mol. The summed E-state index contributed by atoms with van der Waals surface area (Å²) in [5.41, 5.74) is 1.62. The number of likely N-dealkylation sites (tertiary alicyclic amines) is 1. The molecule has 0 saturated carbocycles. The number of rotatable bonds is 6. The summed E-state index contributed by atoms with van der Waals surface area (Å²) in [6, 6.07) is 18.2. The Labute approximate surface area is 211 Å². The van der Waals surface area contributed by atoms with Crippen LogP contribution in [0.4, 0.5) is 0 Å². The first kappa shape index (κ1) is 25.6. The maximum absolute atomic E-state index is 12.8. The largest absolute Gasteiger partial charge is 0.492 e. The second-order valence-corrected chi connectivity index (χ2v) is 10.3. The van der Waals surface area contributed by atoms with Gasteiger partial charge in [-0.2, -0.15) is 0 Å². The number of carbonyl (C=O) groups excluding carboxylic acids is 1. The molecule has 2 aliphatic rings. The minimum atomic E-state index is 0.102. The lowest BCUT2D eigenvalue weighted by molar-refractivity contribution is -0.136. The minimum absolute atomic E-state index is 0.102. The average molecular weight is 479 g/mol. The van der Waals surface area contributed by atoms with Gasteiger partial charge in [0.2, 0.25) is 0 Å². The zero-order chi connectivity index (χ0) is 24.3. The number of nitrogens with zero attached hydrogens (tertiary/aromatic N) is 2. The zero-order valence-corrected chi connectivity index (χ0v) is 21.4. The van der Waals surface area contributed by atoms with Crippen molar-refractivity contribution in [2.75, 3.05) is 45.9 Å². The molecule has 0 aromatic heterocycles. The van der Waals surface area contributed by atoms with Gasteiger partial charge < -0.3 is 14.4 Å². The second kappa shape index (κ2) is 13.0. The van der Waals surface area contributed by atoms with Crippen molar-refractivity contribution in [3.63, 3.8) is 0 Å². The molecule has 1 saturated heterocycles. The van der Waals surface area contributed by atoms with Crippen molar-refractivity contribution in [2.24, 2.45) is 5.41 Å². The van der Waals surface area contributed by atoms with E-state index in [-0.39, 0.29) is 17.9 Å². The number of benzene rings is 2. The number of hydrogen-bond acceptors (Lipinski definition) is 4. The van der Waals surface area contributed by atoms with Crippen LogP contribution in [-0.4, -0.2) is 61.6 Å². The fourth-order valence-corrected chi connectivity index (χ4v) is 5.55. The number of para-hydroxylation sites is 2. The third kappa shape index (κ3) is 7.47. The Hall–Kier alpha value is -2.53. The van der Waals surface area contributed by atoms with E-state index in [0.29, 0.717) is 0 Å². The van der Waals surface area contributed by atoms with E-state index in [1.807, 2.05) is 35.2 Å². The summed E-state index contributed by atoms with van der Waals surface area (Å²) in [7, 11) is 0. The topological polar surface area (TPSA) is 42.0 Å². The van der Waals surface area contributed by atoms with Crippen molar-refractivity contribution in [3.05, 3.63) is 60.2 Å². The number of amides is 1. The summed E-state index contributed by atoms with van der Waals surface area (Å²) in [5.74, 6) is 1.91. The van der Waals surface area contributed by atoms with Crippen LogP contribution in [0.15, 0.2) is 54.6 Å². The molecule has 0 bridgehead atoms. The maximum Gasteiger partial charge on any atom is 0.260 e. The SMILES string of the molecule is CCCCN1CCOc2ccccc2CCCCC2(CCN(C(=O)COc3ccccc3)CC2)C1. The van der Waals surface area contributed by atoms with Gasteiger partial charge in [-0.15, -0.1) is 0 Å². The third-order valence-electron chi connectivity index (χ3n) is 7.71. The number of piperidine rings is 1. The fraction of sp³-hybridized carbons (Fsp3) is 0.567. The third-order valence-corrected chi connectivity index (χ3v) is 7.71. The molecule has 0 aliphatic carbocycles. The monoisotopic (exact) mass is 478 g/mol. The fourth-order valence-electron chi connectivity index (χ4n) is 5.55. The van der Waals surface area contributed by atoms with Gasteiger partial charge in [0, 0.05) is 26.2 Å². The Morgan fingerprint density at radius 2 is 1.74 bits per heavy atom. The number of unbranched alkanes of at least 4 members (excludes halogenated alkanes) is 1. The van der Waals surface area contributed by atoms with Crippen LogP contribution < -0.4 is 9.47 Å². The van der Waals surface area contributed by atoms with Crippen LogP contribution in [0.3, 0.4) is 0 Å². The highest BCUT2D eigenvalue weighted by molar-refractivity contribution is 5.77. The summed E-state index contributed by atoms with van der Waals surface area (Å²) in [5, 5.41) is 0. The van der Waals surface area contributed by atoms with Gasteiger partial charge in [-0.1, -0.05) is 56.2 Å². The van der Waals surface area contributed by atoms with Gasteiger partial charge in [0.25, 0.3) is 5.91 Å². The van der Waals surface area contributed by atoms with Crippen molar-refractivity contribution in [1.29, 1.82) is 0 Å². The Bertz CT molecular complexity index is 909. The lowest BCUT2D eigenvalue weighted by Gasteiger charge is -2.45. The molecule has 1 fully saturated rings. The van der Waals surface area contributed by atoms with E-state index >= 15 is 0 Å². The molecule has 1 amide bonds. The quantitative estimate of drug-likeness (QED) is 0.543. The highest BCUT2D eigenvalue weighted by atomic mass is 16.5. The van der Waals surface area contributed by atoms with Crippen LogP contribution >= 0.6 is 0 Å². The molecule has 0 N–H and O–H groups in total. The van der Waals surface area contributed by atoms with E-state index in [2.05, 4.69) is 36.1 Å². The molecule has 190 valence electrons. The normalized spacial score (nSPS) is 19.2. The number of aryl methyl sites for hydroxylation is 1. The van der Waals surface area contributed by atoms with Crippen molar-refractivity contribution >= 4 is 5.91 Å². The summed E-state index contributed by atoms with van der Waals surface area (Å²) in [6.45, 7) is 7.98. The maximum atomic E-state index is 12.8. The van der Waals surface area contributed by atoms with Crippen molar-refractivity contribution in [2.45, 2.75) is 58.3 Å². The van der Waals surface area contributed by atoms with Gasteiger partial charge in [0.05, 0.1) is 0 Å². The number of ether oxygens (including phenoxy) is 2. The molecule has 0 atom stereocenters. The molecule has 35 heavy (non-hydrogen) atoms. The Morgan fingerprint density at radius 1 is 0.971 bits per heavy atom. The number of fused-ring (bicyclic) bond motifs is 1. The van der Waals surface area contributed by atoms with Gasteiger partial charge in [0.1, 0.15) is 18.1 Å². The van der Waals surface area contributed by atoms with Crippen molar-refractivity contribution in [1.82, 2.24) is 9.80 Å². The highest BCUT2D eigenvalue weighted by Gasteiger charge is 2.37. The van der Waals surface area contributed by atoms with Crippen molar-refractivity contribution in [3.8, 4) is 11.5 Å². The van der Waals surface area contributed by atoms with E-state index in [1.165, 1.54) is 37.7 Å². The smallest absolute Gasteiger partial charge is 0.260 e. The van der Waals surface area contributed by atoms with Crippen LogP contribution in [0.25, 0.3) is 0 Å². The molecule has 2 aliphatic heterocycles. The standard InChI is InChI=1S/C30H42N2O3/c1-2-3-19-31-22-23-34-28-15-8-7-11-26(28)12-9-10-16-30(25-31)17-20-32(21-18-30)29(33)24-35-27-13-5-4-6-14-27/h4-8,11,13-15H,2-3,9-10,12,16-25H2,1H3. The Kier molecular flexibility index (Phi) is 9.47. The summed E-state index contributed by atoms with van der Waals surface area (Å²) >= 11 is 0.